The van der Waals surface area contributed by atoms with Gasteiger partial charge in [0.15, 0.2) is 28.7 Å². The fourth-order valence-corrected chi connectivity index (χ4v) is 2.47. The van der Waals surface area contributed by atoms with Crippen LogP contribution in [0.1, 0.15) is 31.2 Å². The number of ether oxygens (including phenoxy) is 2. The van der Waals surface area contributed by atoms with Crippen molar-refractivity contribution in [3.63, 3.8) is 0 Å². The van der Waals surface area contributed by atoms with Crippen LogP contribution < -0.4 is 14.8 Å². The number of alkyl halides is 2. The minimum Gasteiger partial charge on any atom is -0.437 e. The molecule has 0 atom stereocenters. The Hall–Kier alpha value is -3.17. The van der Waals surface area contributed by atoms with Crippen LogP contribution in [0.3, 0.4) is 0 Å². The summed E-state index contributed by atoms with van der Waals surface area (Å²) in [5.74, 6) is 0.578. The molecule has 0 bridgehead atoms. The lowest BCUT2D eigenvalue weighted by atomic mass is 10.2. The number of rotatable bonds is 6. The van der Waals surface area contributed by atoms with Gasteiger partial charge in [-0.05, 0) is 25.5 Å². The second kappa shape index (κ2) is 7.60. The molecule has 0 unspecified atom stereocenters. The van der Waals surface area contributed by atoms with Gasteiger partial charge >= 0.3 is 12.7 Å². The van der Waals surface area contributed by atoms with Gasteiger partial charge in [-0.1, -0.05) is 19.0 Å². The van der Waals surface area contributed by atoms with Crippen LogP contribution in [0, 0.1) is 6.92 Å². The molecule has 0 saturated heterocycles. The minimum atomic E-state index is -3.02. The molecule has 10 heteroatoms. The number of hydrogen-bond donors (Lipinski definition) is 1. The molecule has 3 rings (SSSR count). The Morgan fingerprint density at radius 3 is 2.67 bits per heavy atom. The summed E-state index contributed by atoms with van der Waals surface area (Å²) >= 11 is 0. The Bertz CT molecular complexity index is 967. The van der Waals surface area contributed by atoms with Gasteiger partial charge in [0.2, 0.25) is 5.58 Å². The summed E-state index contributed by atoms with van der Waals surface area (Å²) in [6.07, 6.45) is 0.168. The van der Waals surface area contributed by atoms with Crippen molar-refractivity contribution in [2.24, 2.45) is 0 Å². The summed E-state index contributed by atoms with van der Waals surface area (Å²) < 4.78 is 45.4. The van der Waals surface area contributed by atoms with Crippen LogP contribution in [0.2, 0.25) is 0 Å². The van der Waals surface area contributed by atoms with E-state index in [0.29, 0.717) is 35.9 Å². The largest absolute Gasteiger partial charge is 0.437 e. The molecule has 1 amide bonds. The molecule has 0 aliphatic carbocycles. The van der Waals surface area contributed by atoms with E-state index < -0.39 is 12.7 Å². The van der Waals surface area contributed by atoms with E-state index in [1.165, 1.54) is 12.1 Å². The zero-order valence-corrected chi connectivity index (χ0v) is 14.8. The molecule has 2 aromatic heterocycles. The number of nitrogens with one attached hydrogen (secondary N) is 1. The van der Waals surface area contributed by atoms with Crippen molar-refractivity contribution in [2.75, 3.05) is 5.32 Å². The summed E-state index contributed by atoms with van der Waals surface area (Å²) in [5.41, 5.74) is 1.08. The lowest BCUT2D eigenvalue weighted by Gasteiger charge is -2.09. The van der Waals surface area contributed by atoms with Gasteiger partial charge in [0.05, 0.1) is 0 Å². The number of aryl methyl sites for hydroxylation is 3. The molecule has 144 valence electrons. The highest BCUT2D eigenvalue weighted by atomic mass is 19.3. The molecular formula is C17H17F2N3O5. The first kappa shape index (κ1) is 18.6. The van der Waals surface area contributed by atoms with E-state index in [9.17, 15) is 13.6 Å². The lowest BCUT2D eigenvalue weighted by Crippen LogP contribution is -2.18. The Morgan fingerprint density at radius 1 is 1.26 bits per heavy atom. The SMILES string of the molecule is CCc1nc2c(OC(F)F)ccc(OC(=O)Nc3c(CC)noc3C)c2o1. The maximum Gasteiger partial charge on any atom is 0.417 e. The zero-order chi connectivity index (χ0) is 19.6. The van der Waals surface area contributed by atoms with Crippen LogP contribution >= 0.6 is 0 Å². The number of anilines is 1. The van der Waals surface area contributed by atoms with Crippen LogP contribution in [-0.2, 0) is 12.8 Å². The summed E-state index contributed by atoms with van der Waals surface area (Å²) in [5, 5.41) is 6.40. The van der Waals surface area contributed by atoms with Crippen LogP contribution in [-0.4, -0.2) is 22.8 Å². The highest BCUT2D eigenvalue weighted by molar-refractivity contribution is 5.92. The molecule has 8 nitrogen and oxygen atoms in total. The average Bonchev–Trinajstić information content (AvgIpc) is 3.21. The maximum atomic E-state index is 12.6. The van der Waals surface area contributed by atoms with Crippen molar-refractivity contribution in [1.82, 2.24) is 10.1 Å². The van der Waals surface area contributed by atoms with E-state index >= 15 is 0 Å². The molecule has 27 heavy (non-hydrogen) atoms. The predicted molar refractivity (Wildman–Crippen MR) is 90.3 cm³/mol. The number of halogens is 2. The van der Waals surface area contributed by atoms with Crippen LogP contribution in [0.4, 0.5) is 19.3 Å². The van der Waals surface area contributed by atoms with Gasteiger partial charge in [0.25, 0.3) is 0 Å². The van der Waals surface area contributed by atoms with Gasteiger partial charge in [-0.15, -0.1) is 0 Å². The fourth-order valence-electron chi connectivity index (χ4n) is 2.47. The van der Waals surface area contributed by atoms with Crippen molar-refractivity contribution < 1.29 is 32.0 Å². The number of carbonyl (C=O) groups is 1. The van der Waals surface area contributed by atoms with E-state index in [-0.39, 0.29) is 22.6 Å². The molecule has 0 aliphatic heterocycles. The molecule has 2 heterocycles. The summed E-state index contributed by atoms with van der Waals surface area (Å²) in [6.45, 7) is 2.28. The van der Waals surface area contributed by atoms with E-state index in [1.807, 2.05) is 6.92 Å². The van der Waals surface area contributed by atoms with Crippen LogP contribution in [0.15, 0.2) is 21.1 Å². The van der Waals surface area contributed by atoms with Gasteiger partial charge in [-0.3, -0.25) is 5.32 Å². The second-order valence-electron chi connectivity index (χ2n) is 5.51. The Labute approximate surface area is 152 Å². The highest BCUT2D eigenvalue weighted by Gasteiger charge is 2.21. The third-order valence-corrected chi connectivity index (χ3v) is 3.73. The maximum absolute atomic E-state index is 12.6. The van der Waals surface area contributed by atoms with E-state index in [2.05, 4.69) is 20.2 Å². The minimum absolute atomic E-state index is 0.0171. The lowest BCUT2D eigenvalue weighted by molar-refractivity contribution is -0.0489. The smallest absolute Gasteiger partial charge is 0.417 e. The normalized spacial score (nSPS) is 11.2. The molecule has 0 radical (unpaired) electrons. The van der Waals surface area contributed by atoms with Crippen molar-refractivity contribution in [3.05, 3.63) is 29.5 Å². The predicted octanol–water partition coefficient (Wildman–Crippen LogP) is 4.46. The topological polar surface area (TPSA) is 99.6 Å². The van der Waals surface area contributed by atoms with Crippen LogP contribution in [0.25, 0.3) is 11.1 Å². The van der Waals surface area contributed by atoms with Gasteiger partial charge in [-0.2, -0.15) is 8.78 Å². The number of carbonyl (C=O) groups excluding carboxylic acids is 1. The van der Waals surface area contributed by atoms with E-state index in [1.54, 1.807) is 13.8 Å². The first-order chi connectivity index (χ1) is 12.9. The Kier molecular flexibility index (Phi) is 5.24. The standard InChI is InChI=1S/C17H17F2N3O5/c1-4-9-13(8(3)27-22-9)21-17(23)25-11-7-6-10(24-16(18)19)14-15(11)26-12(5-2)20-14/h6-7,16H,4-5H2,1-3H3,(H,21,23). The number of oxazole rings is 1. The summed E-state index contributed by atoms with van der Waals surface area (Å²) in [7, 11) is 0. The van der Waals surface area contributed by atoms with Crippen molar-refractivity contribution in [3.8, 4) is 11.5 Å². The second-order valence-corrected chi connectivity index (χ2v) is 5.51. The molecule has 0 fully saturated rings. The molecule has 0 saturated carbocycles. The van der Waals surface area contributed by atoms with Gasteiger partial charge in [0.1, 0.15) is 11.4 Å². The zero-order valence-electron chi connectivity index (χ0n) is 14.8. The Morgan fingerprint density at radius 2 is 2.00 bits per heavy atom. The van der Waals surface area contributed by atoms with Crippen LogP contribution in [0.5, 0.6) is 11.5 Å². The third kappa shape index (κ3) is 3.83. The average molecular weight is 381 g/mol. The summed E-state index contributed by atoms with van der Waals surface area (Å²) in [6, 6.07) is 2.53. The molecular weight excluding hydrogens is 364 g/mol. The number of hydrogen-bond acceptors (Lipinski definition) is 7. The Balaban J connectivity index is 1.89. The first-order valence-corrected chi connectivity index (χ1v) is 8.24. The van der Waals surface area contributed by atoms with E-state index in [0.717, 1.165) is 0 Å². The van der Waals surface area contributed by atoms with Gasteiger partial charge in [0, 0.05) is 6.42 Å². The number of aromatic nitrogens is 2. The number of fused-ring (bicyclic) bond motifs is 1. The van der Waals surface area contributed by atoms with Gasteiger partial charge < -0.3 is 18.4 Å². The monoisotopic (exact) mass is 381 g/mol. The van der Waals surface area contributed by atoms with E-state index in [4.69, 9.17) is 13.7 Å². The number of amides is 1. The third-order valence-electron chi connectivity index (χ3n) is 3.73. The number of nitrogens with zero attached hydrogens (tertiary/aromatic N) is 2. The van der Waals surface area contributed by atoms with Crippen molar-refractivity contribution in [2.45, 2.75) is 40.2 Å². The highest BCUT2D eigenvalue weighted by Crippen LogP contribution is 2.35. The molecule has 1 aromatic carbocycles. The van der Waals surface area contributed by atoms with Crippen molar-refractivity contribution in [1.29, 1.82) is 0 Å². The quantitative estimate of drug-likeness (QED) is 0.673. The van der Waals surface area contributed by atoms with Crippen molar-refractivity contribution >= 4 is 22.9 Å². The number of benzene rings is 1. The van der Waals surface area contributed by atoms with Gasteiger partial charge in [-0.25, -0.2) is 9.78 Å². The molecule has 3 aromatic rings. The molecule has 0 aliphatic rings. The summed E-state index contributed by atoms with van der Waals surface area (Å²) in [4.78, 5) is 16.4. The fraction of sp³-hybridized carbons (Fsp3) is 0.353. The molecule has 1 N–H and O–H groups in total. The molecule has 0 spiro atoms. The first-order valence-electron chi connectivity index (χ1n) is 8.24.